The number of nitrogens with two attached hydrogens (primary N) is 1. The molecule has 0 radical (unpaired) electrons. The molecule has 0 bridgehead atoms. The van der Waals surface area contributed by atoms with Gasteiger partial charge in [-0.25, -0.2) is 0 Å². The molecule has 5 N–H and O–H groups in total. The Morgan fingerprint density at radius 2 is 2.12 bits per heavy atom. The molecule has 0 fully saturated rings. The molecule has 0 aliphatic carbocycles. The summed E-state index contributed by atoms with van der Waals surface area (Å²) < 4.78 is 4.36. The van der Waals surface area contributed by atoms with E-state index in [9.17, 15) is 20.1 Å². The highest BCUT2D eigenvalue weighted by Gasteiger charge is 2.24. The van der Waals surface area contributed by atoms with Gasteiger partial charge in [-0.2, -0.15) is 0 Å². The van der Waals surface area contributed by atoms with Gasteiger partial charge in [0.1, 0.15) is 11.9 Å². The average Bonchev–Trinajstić information content (AvgIpc) is 2.31. The summed E-state index contributed by atoms with van der Waals surface area (Å²) in [5.41, 5.74) is 5.61. The highest BCUT2D eigenvalue weighted by atomic mass is 16.5. The lowest BCUT2D eigenvalue weighted by Crippen LogP contribution is -2.22. The van der Waals surface area contributed by atoms with Crippen LogP contribution < -0.4 is 5.73 Å². The van der Waals surface area contributed by atoms with Crippen molar-refractivity contribution in [3.63, 3.8) is 0 Å². The lowest BCUT2D eigenvalue weighted by atomic mass is 10.0. The minimum absolute atomic E-state index is 0.0707. The molecule has 0 spiro atoms. The molecule has 0 aliphatic rings. The first-order chi connectivity index (χ1) is 7.97. The number of methoxy groups -OCH3 is 1. The van der Waals surface area contributed by atoms with Crippen LogP contribution in [-0.4, -0.2) is 34.5 Å². The molecule has 1 aromatic rings. The molecular weight excluding hydrogens is 226 g/mol. The van der Waals surface area contributed by atoms with Gasteiger partial charge in [-0.05, 0) is 6.07 Å². The molecule has 0 amide bonds. The molecule has 1 rings (SSSR count). The fourth-order valence-electron chi connectivity index (χ4n) is 1.39. The monoisotopic (exact) mass is 241 g/mol. The third-order valence-electron chi connectivity index (χ3n) is 2.39. The summed E-state index contributed by atoms with van der Waals surface area (Å²) in [5, 5.41) is 28.9. The standard InChI is InChI=1S/C11H15NO5/c1-17-9(14)5-8(13)11(16)6-3-2-4-7(12)10(6)15/h2-4,8,11,13,15-16H,5,12H2,1H3. The number of carbonyl (C=O) groups is 1. The van der Waals surface area contributed by atoms with Crippen molar-refractivity contribution in [3.8, 4) is 5.75 Å². The van der Waals surface area contributed by atoms with E-state index in [1.807, 2.05) is 0 Å². The van der Waals surface area contributed by atoms with Gasteiger partial charge in [0.05, 0.1) is 25.3 Å². The Bertz CT molecular complexity index is 407. The van der Waals surface area contributed by atoms with E-state index < -0.39 is 18.2 Å². The van der Waals surface area contributed by atoms with E-state index in [0.29, 0.717) is 0 Å². The highest BCUT2D eigenvalue weighted by molar-refractivity contribution is 5.70. The van der Waals surface area contributed by atoms with Crippen LogP contribution >= 0.6 is 0 Å². The second-order valence-electron chi connectivity index (χ2n) is 3.58. The Morgan fingerprint density at radius 1 is 1.47 bits per heavy atom. The largest absolute Gasteiger partial charge is 0.505 e. The fourth-order valence-corrected chi connectivity index (χ4v) is 1.39. The average molecular weight is 241 g/mol. The van der Waals surface area contributed by atoms with E-state index in [2.05, 4.69) is 4.74 Å². The van der Waals surface area contributed by atoms with Crippen molar-refractivity contribution >= 4 is 11.7 Å². The smallest absolute Gasteiger partial charge is 0.308 e. The Kier molecular flexibility index (Phi) is 4.30. The molecular formula is C11H15NO5. The van der Waals surface area contributed by atoms with Gasteiger partial charge in [0, 0.05) is 5.56 Å². The van der Waals surface area contributed by atoms with Crippen molar-refractivity contribution in [1.29, 1.82) is 0 Å². The van der Waals surface area contributed by atoms with Crippen molar-refractivity contribution < 1.29 is 24.9 Å². The zero-order valence-electron chi connectivity index (χ0n) is 9.33. The van der Waals surface area contributed by atoms with Crippen LogP contribution in [0, 0.1) is 0 Å². The number of aliphatic hydroxyl groups is 2. The van der Waals surface area contributed by atoms with E-state index in [1.165, 1.54) is 25.3 Å². The molecule has 0 aliphatic heterocycles. The highest BCUT2D eigenvalue weighted by Crippen LogP contribution is 2.31. The number of phenols is 1. The minimum atomic E-state index is -1.40. The third kappa shape index (κ3) is 3.08. The summed E-state index contributed by atoms with van der Waals surface area (Å²) >= 11 is 0. The lowest BCUT2D eigenvalue weighted by Gasteiger charge is -2.18. The van der Waals surface area contributed by atoms with Crippen LogP contribution in [0.15, 0.2) is 18.2 Å². The third-order valence-corrected chi connectivity index (χ3v) is 2.39. The second-order valence-corrected chi connectivity index (χ2v) is 3.58. The molecule has 0 aromatic heterocycles. The molecule has 6 nitrogen and oxygen atoms in total. The van der Waals surface area contributed by atoms with E-state index >= 15 is 0 Å². The summed E-state index contributed by atoms with van der Waals surface area (Å²) in [6.07, 6.45) is -3.14. The topological polar surface area (TPSA) is 113 Å². The molecule has 2 unspecified atom stereocenters. The maximum Gasteiger partial charge on any atom is 0.308 e. The van der Waals surface area contributed by atoms with E-state index in [4.69, 9.17) is 5.73 Å². The Morgan fingerprint density at radius 3 is 2.71 bits per heavy atom. The minimum Gasteiger partial charge on any atom is -0.505 e. The number of hydrogen-bond donors (Lipinski definition) is 4. The number of carbonyl (C=O) groups excluding carboxylic acids is 1. The van der Waals surface area contributed by atoms with Crippen LogP contribution in [0.5, 0.6) is 5.75 Å². The molecule has 0 saturated carbocycles. The van der Waals surface area contributed by atoms with Crippen LogP contribution in [0.4, 0.5) is 5.69 Å². The molecule has 94 valence electrons. The Labute approximate surface area is 98.3 Å². The first kappa shape index (κ1) is 13.3. The number of para-hydroxylation sites is 1. The number of phenolic OH excluding ortho intramolecular Hbond substituents is 1. The number of aromatic hydroxyl groups is 1. The summed E-state index contributed by atoms with van der Waals surface area (Å²) in [7, 11) is 1.18. The van der Waals surface area contributed by atoms with Gasteiger partial charge in [-0.1, -0.05) is 12.1 Å². The van der Waals surface area contributed by atoms with Crippen LogP contribution in [0.1, 0.15) is 18.1 Å². The number of anilines is 1. The van der Waals surface area contributed by atoms with E-state index in [1.54, 1.807) is 0 Å². The predicted octanol–water partition coefficient (Wildman–Crippen LogP) is -0.0682. The normalized spacial score (nSPS) is 14.1. The van der Waals surface area contributed by atoms with Crippen LogP contribution in [0.3, 0.4) is 0 Å². The van der Waals surface area contributed by atoms with Gasteiger partial charge in [0.25, 0.3) is 0 Å². The first-order valence-corrected chi connectivity index (χ1v) is 4.97. The van der Waals surface area contributed by atoms with Crippen LogP contribution in [0.25, 0.3) is 0 Å². The summed E-state index contributed by atoms with van der Waals surface area (Å²) in [6.45, 7) is 0. The Balaban J connectivity index is 2.85. The zero-order chi connectivity index (χ0) is 13.0. The zero-order valence-corrected chi connectivity index (χ0v) is 9.33. The number of esters is 1. The van der Waals surface area contributed by atoms with Gasteiger partial charge in [0.2, 0.25) is 0 Å². The first-order valence-electron chi connectivity index (χ1n) is 4.97. The number of aliphatic hydroxyl groups excluding tert-OH is 2. The van der Waals surface area contributed by atoms with Crippen molar-refractivity contribution in [2.45, 2.75) is 18.6 Å². The SMILES string of the molecule is COC(=O)CC(O)C(O)c1cccc(N)c1O. The molecule has 0 heterocycles. The van der Waals surface area contributed by atoms with Crippen LogP contribution in [0.2, 0.25) is 0 Å². The summed E-state index contributed by atoms with van der Waals surface area (Å²) in [4.78, 5) is 10.9. The molecule has 17 heavy (non-hydrogen) atoms. The lowest BCUT2D eigenvalue weighted by molar-refractivity contribution is -0.144. The maximum atomic E-state index is 10.9. The van der Waals surface area contributed by atoms with Gasteiger partial charge in [-0.15, -0.1) is 0 Å². The Hall–Kier alpha value is -1.79. The van der Waals surface area contributed by atoms with Crippen molar-refractivity contribution in [2.24, 2.45) is 0 Å². The second kappa shape index (κ2) is 5.51. The molecule has 6 heteroatoms. The van der Waals surface area contributed by atoms with E-state index in [0.717, 1.165) is 0 Å². The van der Waals surface area contributed by atoms with Gasteiger partial charge < -0.3 is 25.8 Å². The summed E-state index contributed by atoms with van der Waals surface area (Å²) in [5.74, 6) is -0.955. The maximum absolute atomic E-state index is 10.9. The van der Waals surface area contributed by atoms with Gasteiger partial charge in [-0.3, -0.25) is 4.79 Å². The van der Waals surface area contributed by atoms with Gasteiger partial charge >= 0.3 is 5.97 Å². The molecule has 0 saturated heterocycles. The molecule has 2 atom stereocenters. The quantitative estimate of drug-likeness (QED) is 0.333. The fraction of sp³-hybridized carbons (Fsp3) is 0.364. The molecule has 1 aromatic carbocycles. The van der Waals surface area contributed by atoms with Crippen LogP contribution in [-0.2, 0) is 9.53 Å². The van der Waals surface area contributed by atoms with Crippen molar-refractivity contribution in [3.05, 3.63) is 23.8 Å². The summed E-state index contributed by atoms with van der Waals surface area (Å²) in [6, 6.07) is 4.40. The van der Waals surface area contributed by atoms with Crippen molar-refractivity contribution in [1.82, 2.24) is 0 Å². The van der Waals surface area contributed by atoms with Crippen molar-refractivity contribution in [2.75, 3.05) is 12.8 Å². The van der Waals surface area contributed by atoms with E-state index in [-0.39, 0.29) is 23.4 Å². The predicted molar refractivity (Wildman–Crippen MR) is 60.1 cm³/mol. The number of benzene rings is 1. The number of nitrogen functional groups attached to an aromatic ring is 1. The number of hydrogen-bond acceptors (Lipinski definition) is 6. The van der Waals surface area contributed by atoms with Gasteiger partial charge in [0.15, 0.2) is 0 Å². The number of rotatable bonds is 4. The number of ether oxygens (including phenoxy) is 1.